The van der Waals surface area contributed by atoms with E-state index in [2.05, 4.69) is 26.3 Å². The molecular formula is C21H18BrN3O2. The van der Waals surface area contributed by atoms with Crippen molar-refractivity contribution in [2.24, 2.45) is 0 Å². The number of halogens is 1. The average Bonchev–Trinajstić information content (AvgIpc) is 3.24. The van der Waals surface area contributed by atoms with Crippen LogP contribution in [0.1, 0.15) is 16.7 Å². The Balaban J connectivity index is 1.49. The number of aromatic nitrogens is 2. The number of furan rings is 1. The van der Waals surface area contributed by atoms with Gasteiger partial charge >= 0.3 is 0 Å². The molecule has 0 saturated heterocycles. The number of anilines is 1. The Morgan fingerprint density at radius 2 is 2.04 bits per heavy atom. The predicted octanol–water partition coefficient (Wildman–Crippen LogP) is 4.93. The van der Waals surface area contributed by atoms with Gasteiger partial charge in [0.25, 0.3) is 0 Å². The van der Waals surface area contributed by atoms with Gasteiger partial charge in [-0.2, -0.15) is 5.10 Å². The van der Waals surface area contributed by atoms with E-state index < -0.39 is 0 Å². The first-order valence-corrected chi connectivity index (χ1v) is 9.41. The second-order valence-electron chi connectivity index (χ2n) is 6.45. The molecule has 4 aromatic rings. The minimum Gasteiger partial charge on any atom is -0.464 e. The summed E-state index contributed by atoms with van der Waals surface area (Å²) < 4.78 is 8.36. The summed E-state index contributed by atoms with van der Waals surface area (Å²) in [5.41, 5.74) is 3.90. The third kappa shape index (κ3) is 3.80. The smallest absolute Gasteiger partial charge is 0.230 e. The Morgan fingerprint density at radius 1 is 1.19 bits per heavy atom. The molecule has 0 bridgehead atoms. The van der Waals surface area contributed by atoms with E-state index in [9.17, 15) is 4.79 Å². The summed E-state index contributed by atoms with van der Waals surface area (Å²) in [6, 6.07) is 15.7. The largest absolute Gasteiger partial charge is 0.464 e. The van der Waals surface area contributed by atoms with Gasteiger partial charge in [0.2, 0.25) is 5.91 Å². The van der Waals surface area contributed by atoms with Crippen LogP contribution in [0.3, 0.4) is 0 Å². The van der Waals surface area contributed by atoms with Gasteiger partial charge in [-0.15, -0.1) is 0 Å². The fourth-order valence-electron chi connectivity index (χ4n) is 3.04. The van der Waals surface area contributed by atoms with Crippen molar-refractivity contribution in [1.82, 2.24) is 9.78 Å². The van der Waals surface area contributed by atoms with Crippen molar-refractivity contribution in [2.75, 3.05) is 5.32 Å². The van der Waals surface area contributed by atoms with Gasteiger partial charge in [0.05, 0.1) is 25.4 Å². The highest BCUT2D eigenvalue weighted by Gasteiger charge is 2.13. The molecule has 2 aromatic heterocycles. The standard InChI is InChI=1S/C21H18BrN3O2/c1-14-6-7-17-16(13-27-19(17)10-14)11-21(26)24-20-8-9-23-25(20)12-15-4-2-3-5-18(15)22/h2-10,13H,11-12H2,1H3,(H,24,26). The maximum atomic E-state index is 12.6. The molecule has 0 saturated carbocycles. The Labute approximate surface area is 165 Å². The lowest BCUT2D eigenvalue weighted by Gasteiger charge is -2.10. The van der Waals surface area contributed by atoms with Crippen LogP contribution in [-0.4, -0.2) is 15.7 Å². The fourth-order valence-corrected chi connectivity index (χ4v) is 3.45. The summed E-state index contributed by atoms with van der Waals surface area (Å²) in [5.74, 6) is 0.562. The molecule has 0 radical (unpaired) electrons. The van der Waals surface area contributed by atoms with Crippen LogP contribution in [0.15, 0.2) is 69.9 Å². The maximum Gasteiger partial charge on any atom is 0.230 e. The average molecular weight is 424 g/mol. The summed E-state index contributed by atoms with van der Waals surface area (Å²) in [5, 5.41) is 8.24. The first-order chi connectivity index (χ1) is 13.1. The molecule has 1 amide bonds. The lowest BCUT2D eigenvalue weighted by Crippen LogP contribution is -2.18. The number of carbonyl (C=O) groups excluding carboxylic acids is 1. The van der Waals surface area contributed by atoms with Gasteiger partial charge in [-0.1, -0.05) is 46.3 Å². The van der Waals surface area contributed by atoms with Crippen molar-refractivity contribution in [2.45, 2.75) is 19.9 Å². The van der Waals surface area contributed by atoms with Crippen molar-refractivity contribution >= 4 is 38.6 Å². The lowest BCUT2D eigenvalue weighted by molar-refractivity contribution is -0.115. The van der Waals surface area contributed by atoms with Gasteiger partial charge < -0.3 is 9.73 Å². The number of hydrogen-bond donors (Lipinski definition) is 1. The van der Waals surface area contributed by atoms with Gasteiger partial charge in [0, 0.05) is 21.5 Å². The normalized spacial score (nSPS) is 11.0. The maximum absolute atomic E-state index is 12.6. The summed E-state index contributed by atoms with van der Waals surface area (Å²) in [6.45, 7) is 2.58. The van der Waals surface area contributed by atoms with E-state index in [0.717, 1.165) is 32.1 Å². The van der Waals surface area contributed by atoms with Crippen LogP contribution in [0.2, 0.25) is 0 Å². The van der Waals surface area contributed by atoms with Gasteiger partial charge in [-0.3, -0.25) is 4.79 Å². The van der Waals surface area contributed by atoms with E-state index in [1.54, 1.807) is 23.2 Å². The van der Waals surface area contributed by atoms with Crippen LogP contribution >= 0.6 is 15.9 Å². The Kier molecular flexibility index (Phi) is 4.81. The zero-order chi connectivity index (χ0) is 18.8. The molecule has 0 aliphatic carbocycles. The zero-order valence-electron chi connectivity index (χ0n) is 14.8. The van der Waals surface area contributed by atoms with E-state index in [-0.39, 0.29) is 12.3 Å². The highest BCUT2D eigenvalue weighted by atomic mass is 79.9. The third-order valence-electron chi connectivity index (χ3n) is 4.42. The van der Waals surface area contributed by atoms with Crippen LogP contribution in [0.25, 0.3) is 11.0 Å². The predicted molar refractivity (Wildman–Crippen MR) is 109 cm³/mol. The van der Waals surface area contributed by atoms with Gasteiger partial charge in [0.15, 0.2) is 0 Å². The number of rotatable bonds is 5. The topological polar surface area (TPSA) is 60.1 Å². The molecule has 0 spiro atoms. The van der Waals surface area contributed by atoms with Crippen molar-refractivity contribution < 1.29 is 9.21 Å². The molecule has 1 N–H and O–H groups in total. The van der Waals surface area contributed by atoms with Crippen LogP contribution < -0.4 is 5.32 Å². The summed E-state index contributed by atoms with van der Waals surface area (Å²) in [7, 11) is 0. The van der Waals surface area contributed by atoms with Crippen molar-refractivity contribution in [3.8, 4) is 0 Å². The fraction of sp³-hybridized carbons (Fsp3) is 0.143. The van der Waals surface area contributed by atoms with Gasteiger partial charge in [-0.05, 0) is 30.2 Å². The SMILES string of the molecule is Cc1ccc2c(CC(=O)Nc3ccnn3Cc3ccccc3Br)coc2c1. The van der Waals surface area contributed by atoms with E-state index >= 15 is 0 Å². The molecular weight excluding hydrogens is 406 g/mol. The molecule has 4 rings (SSSR count). The van der Waals surface area contributed by atoms with Crippen molar-refractivity contribution in [3.05, 3.63) is 82.2 Å². The van der Waals surface area contributed by atoms with Gasteiger partial charge in [0.1, 0.15) is 11.4 Å². The number of carbonyl (C=O) groups is 1. The lowest BCUT2D eigenvalue weighted by atomic mass is 10.1. The number of nitrogens with one attached hydrogen (secondary N) is 1. The number of fused-ring (bicyclic) bond motifs is 1. The zero-order valence-corrected chi connectivity index (χ0v) is 16.4. The van der Waals surface area contributed by atoms with Crippen LogP contribution in [0.4, 0.5) is 5.82 Å². The molecule has 0 unspecified atom stereocenters. The highest BCUT2D eigenvalue weighted by molar-refractivity contribution is 9.10. The van der Waals surface area contributed by atoms with E-state index in [1.165, 1.54) is 0 Å². The molecule has 0 fully saturated rings. The van der Waals surface area contributed by atoms with Crippen LogP contribution in [0.5, 0.6) is 0 Å². The number of nitrogens with zero attached hydrogens (tertiary/aromatic N) is 2. The van der Waals surface area contributed by atoms with Crippen molar-refractivity contribution in [1.29, 1.82) is 0 Å². The Morgan fingerprint density at radius 3 is 2.89 bits per heavy atom. The van der Waals surface area contributed by atoms with E-state index in [0.29, 0.717) is 12.4 Å². The minimum absolute atomic E-state index is 0.104. The van der Waals surface area contributed by atoms with E-state index in [1.807, 2.05) is 49.4 Å². The second-order valence-corrected chi connectivity index (χ2v) is 7.31. The summed E-state index contributed by atoms with van der Waals surface area (Å²) >= 11 is 3.55. The third-order valence-corrected chi connectivity index (χ3v) is 5.20. The first-order valence-electron chi connectivity index (χ1n) is 8.62. The summed E-state index contributed by atoms with van der Waals surface area (Å²) in [4.78, 5) is 12.6. The first kappa shape index (κ1) is 17.5. The molecule has 2 heterocycles. The van der Waals surface area contributed by atoms with Crippen LogP contribution in [0, 0.1) is 6.92 Å². The van der Waals surface area contributed by atoms with E-state index in [4.69, 9.17) is 4.42 Å². The second kappa shape index (κ2) is 7.40. The monoisotopic (exact) mass is 423 g/mol. The molecule has 0 aliphatic rings. The van der Waals surface area contributed by atoms with Crippen molar-refractivity contribution in [3.63, 3.8) is 0 Å². The number of aryl methyl sites for hydroxylation is 1. The molecule has 6 heteroatoms. The Bertz CT molecular complexity index is 1110. The molecule has 5 nitrogen and oxygen atoms in total. The van der Waals surface area contributed by atoms with Gasteiger partial charge in [-0.25, -0.2) is 4.68 Å². The molecule has 0 atom stereocenters. The summed E-state index contributed by atoms with van der Waals surface area (Å²) in [6.07, 6.45) is 3.58. The molecule has 136 valence electrons. The number of hydrogen-bond acceptors (Lipinski definition) is 3. The number of amides is 1. The quantitative estimate of drug-likeness (QED) is 0.494. The Hall–Kier alpha value is -2.86. The van der Waals surface area contributed by atoms with Crippen LogP contribution in [-0.2, 0) is 17.8 Å². The molecule has 0 aliphatic heterocycles. The number of benzene rings is 2. The molecule has 27 heavy (non-hydrogen) atoms. The highest BCUT2D eigenvalue weighted by Crippen LogP contribution is 2.23. The molecule has 2 aromatic carbocycles. The minimum atomic E-state index is -0.104.